The molecule has 1 N–H and O–H groups in total. The van der Waals surface area contributed by atoms with Crippen molar-refractivity contribution in [2.75, 3.05) is 5.32 Å². The number of aryl methyl sites for hydroxylation is 2. The normalized spacial score (nSPS) is 10.4. The van der Waals surface area contributed by atoms with Crippen LogP contribution in [0.2, 0.25) is 0 Å². The molecule has 84 valence electrons. The van der Waals surface area contributed by atoms with E-state index >= 15 is 0 Å². The summed E-state index contributed by atoms with van der Waals surface area (Å²) >= 11 is 0. The summed E-state index contributed by atoms with van der Waals surface area (Å²) in [6.45, 7) is 4.63. The minimum atomic E-state index is 0.566. The lowest BCUT2D eigenvalue weighted by Crippen LogP contribution is -1.99. The van der Waals surface area contributed by atoms with E-state index in [9.17, 15) is 0 Å². The van der Waals surface area contributed by atoms with Gasteiger partial charge in [-0.1, -0.05) is 24.2 Å². The van der Waals surface area contributed by atoms with Crippen molar-refractivity contribution in [1.82, 2.24) is 10.1 Å². The molecule has 0 amide bonds. The molecule has 0 spiro atoms. The van der Waals surface area contributed by atoms with Gasteiger partial charge in [-0.2, -0.15) is 4.98 Å². The Kier molecular flexibility index (Phi) is 3.19. The fourth-order valence-electron chi connectivity index (χ4n) is 1.44. The third-order valence-electron chi connectivity index (χ3n) is 2.29. The van der Waals surface area contributed by atoms with E-state index < -0.39 is 0 Å². The van der Waals surface area contributed by atoms with Crippen LogP contribution in [-0.4, -0.2) is 10.1 Å². The zero-order valence-electron chi connectivity index (χ0n) is 9.53. The first-order valence-electron chi connectivity index (χ1n) is 5.40. The highest BCUT2D eigenvalue weighted by molar-refractivity contribution is 5.45. The van der Waals surface area contributed by atoms with Crippen molar-refractivity contribution in [3.8, 4) is 0 Å². The molecule has 0 aliphatic rings. The van der Waals surface area contributed by atoms with Crippen molar-refractivity contribution in [2.24, 2.45) is 0 Å². The number of rotatable bonds is 4. The summed E-state index contributed by atoms with van der Waals surface area (Å²) in [5, 5.41) is 7.08. The van der Waals surface area contributed by atoms with E-state index in [1.807, 2.05) is 19.1 Å². The van der Waals surface area contributed by atoms with Crippen molar-refractivity contribution in [1.29, 1.82) is 0 Å². The molecule has 0 saturated carbocycles. The lowest BCUT2D eigenvalue weighted by Gasteiger charge is -2.03. The van der Waals surface area contributed by atoms with Gasteiger partial charge in [-0.3, -0.25) is 0 Å². The van der Waals surface area contributed by atoms with Gasteiger partial charge in [0.15, 0.2) is 5.82 Å². The number of hydrogen-bond donors (Lipinski definition) is 1. The van der Waals surface area contributed by atoms with Crippen molar-refractivity contribution in [3.05, 3.63) is 41.5 Å². The van der Waals surface area contributed by atoms with E-state index in [0.29, 0.717) is 12.4 Å². The molecule has 2 rings (SSSR count). The smallest absolute Gasteiger partial charge is 0.245 e. The molecule has 2 aromatic rings. The number of aromatic nitrogens is 2. The molecule has 4 heteroatoms. The first-order valence-corrected chi connectivity index (χ1v) is 5.40. The summed E-state index contributed by atoms with van der Waals surface area (Å²) < 4.78 is 5.08. The molecule has 0 radical (unpaired) electrons. The Bertz CT molecular complexity index is 465. The number of anilines is 1. The standard InChI is InChI=1S/C12H15N3O/c1-3-11-14-12(16-15-11)8-13-10-6-4-5-9(2)7-10/h4-7,13H,3,8H2,1-2H3. The number of nitrogens with one attached hydrogen (secondary N) is 1. The lowest BCUT2D eigenvalue weighted by molar-refractivity contribution is 0.378. The fourth-order valence-corrected chi connectivity index (χ4v) is 1.44. The van der Waals surface area contributed by atoms with Crippen LogP contribution in [-0.2, 0) is 13.0 Å². The first-order chi connectivity index (χ1) is 7.78. The number of nitrogens with zero attached hydrogens (tertiary/aromatic N) is 2. The molecule has 1 heterocycles. The predicted molar refractivity (Wildman–Crippen MR) is 62.2 cm³/mol. The third-order valence-corrected chi connectivity index (χ3v) is 2.29. The molecular weight excluding hydrogens is 202 g/mol. The van der Waals surface area contributed by atoms with Crippen LogP contribution in [0.3, 0.4) is 0 Å². The molecule has 16 heavy (non-hydrogen) atoms. The third kappa shape index (κ3) is 2.59. The van der Waals surface area contributed by atoms with Crippen LogP contribution in [0.25, 0.3) is 0 Å². The Morgan fingerprint density at radius 1 is 1.38 bits per heavy atom. The van der Waals surface area contributed by atoms with Gasteiger partial charge in [-0.15, -0.1) is 0 Å². The molecule has 0 aliphatic carbocycles. The van der Waals surface area contributed by atoms with Gasteiger partial charge in [0.25, 0.3) is 0 Å². The SMILES string of the molecule is CCc1noc(CNc2cccc(C)c2)n1. The Hall–Kier alpha value is -1.84. The van der Waals surface area contributed by atoms with E-state index in [4.69, 9.17) is 4.52 Å². The number of hydrogen-bond acceptors (Lipinski definition) is 4. The van der Waals surface area contributed by atoms with Crippen molar-refractivity contribution in [2.45, 2.75) is 26.8 Å². The van der Waals surface area contributed by atoms with Gasteiger partial charge in [0.1, 0.15) is 0 Å². The molecule has 0 saturated heterocycles. The van der Waals surface area contributed by atoms with Gasteiger partial charge >= 0.3 is 0 Å². The largest absolute Gasteiger partial charge is 0.376 e. The Balaban J connectivity index is 1.96. The highest BCUT2D eigenvalue weighted by Crippen LogP contribution is 2.10. The van der Waals surface area contributed by atoms with Crippen molar-refractivity contribution >= 4 is 5.69 Å². The summed E-state index contributed by atoms with van der Waals surface area (Å²) in [7, 11) is 0. The summed E-state index contributed by atoms with van der Waals surface area (Å²) in [6.07, 6.45) is 0.800. The zero-order chi connectivity index (χ0) is 11.4. The molecule has 0 aliphatic heterocycles. The molecule has 0 unspecified atom stereocenters. The van der Waals surface area contributed by atoms with Crippen LogP contribution >= 0.6 is 0 Å². The van der Waals surface area contributed by atoms with E-state index in [1.54, 1.807) is 0 Å². The molecule has 4 nitrogen and oxygen atoms in total. The van der Waals surface area contributed by atoms with E-state index in [0.717, 1.165) is 17.9 Å². The first kappa shape index (κ1) is 10.7. The van der Waals surface area contributed by atoms with Crippen LogP contribution < -0.4 is 5.32 Å². The van der Waals surface area contributed by atoms with Crippen LogP contribution in [0.4, 0.5) is 5.69 Å². The summed E-state index contributed by atoms with van der Waals surface area (Å²) in [4.78, 5) is 4.23. The van der Waals surface area contributed by atoms with E-state index in [2.05, 4.69) is 34.5 Å². The second kappa shape index (κ2) is 4.79. The second-order valence-corrected chi connectivity index (χ2v) is 3.68. The molecular formula is C12H15N3O. The van der Waals surface area contributed by atoms with Gasteiger partial charge in [0.2, 0.25) is 5.89 Å². The summed E-state index contributed by atoms with van der Waals surface area (Å²) in [6, 6.07) is 8.18. The number of benzene rings is 1. The maximum atomic E-state index is 5.08. The Morgan fingerprint density at radius 3 is 2.94 bits per heavy atom. The topological polar surface area (TPSA) is 51.0 Å². The zero-order valence-corrected chi connectivity index (χ0v) is 9.53. The van der Waals surface area contributed by atoms with Gasteiger partial charge < -0.3 is 9.84 Å². The Morgan fingerprint density at radius 2 is 2.25 bits per heavy atom. The van der Waals surface area contributed by atoms with Crippen molar-refractivity contribution in [3.63, 3.8) is 0 Å². The lowest BCUT2D eigenvalue weighted by atomic mass is 10.2. The van der Waals surface area contributed by atoms with E-state index in [1.165, 1.54) is 5.56 Å². The highest BCUT2D eigenvalue weighted by Gasteiger charge is 2.03. The fraction of sp³-hybridized carbons (Fsp3) is 0.333. The van der Waals surface area contributed by atoms with Gasteiger partial charge in [-0.05, 0) is 24.6 Å². The summed E-state index contributed by atoms with van der Waals surface area (Å²) in [5.74, 6) is 1.37. The van der Waals surface area contributed by atoms with Gasteiger partial charge in [0, 0.05) is 12.1 Å². The average molecular weight is 217 g/mol. The molecule has 0 fully saturated rings. The quantitative estimate of drug-likeness (QED) is 0.855. The maximum Gasteiger partial charge on any atom is 0.245 e. The second-order valence-electron chi connectivity index (χ2n) is 3.68. The minimum Gasteiger partial charge on any atom is -0.376 e. The minimum absolute atomic E-state index is 0.566. The molecule has 0 atom stereocenters. The molecule has 0 bridgehead atoms. The average Bonchev–Trinajstić information content (AvgIpc) is 2.74. The van der Waals surface area contributed by atoms with Gasteiger partial charge in [0.05, 0.1) is 6.54 Å². The van der Waals surface area contributed by atoms with Gasteiger partial charge in [-0.25, -0.2) is 0 Å². The highest BCUT2D eigenvalue weighted by atomic mass is 16.5. The van der Waals surface area contributed by atoms with Crippen LogP contribution in [0, 0.1) is 6.92 Å². The summed E-state index contributed by atoms with van der Waals surface area (Å²) in [5.41, 5.74) is 2.29. The molecule has 1 aromatic carbocycles. The maximum absolute atomic E-state index is 5.08. The molecule has 1 aromatic heterocycles. The van der Waals surface area contributed by atoms with Crippen LogP contribution in [0.5, 0.6) is 0 Å². The Labute approximate surface area is 94.7 Å². The van der Waals surface area contributed by atoms with Crippen LogP contribution in [0.15, 0.2) is 28.8 Å². The monoisotopic (exact) mass is 217 g/mol. The van der Waals surface area contributed by atoms with Crippen LogP contribution in [0.1, 0.15) is 24.2 Å². The predicted octanol–water partition coefficient (Wildman–Crippen LogP) is 2.55. The van der Waals surface area contributed by atoms with Crippen molar-refractivity contribution < 1.29 is 4.52 Å². The van der Waals surface area contributed by atoms with E-state index in [-0.39, 0.29) is 0 Å².